The Kier molecular flexibility index (Phi) is 4.63. The molecule has 1 fully saturated rings. The van der Waals surface area contributed by atoms with Crippen molar-refractivity contribution in [2.24, 2.45) is 5.92 Å². The van der Waals surface area contributed by atoms with Crippen LogP contribution >= 0.6 is 15.9 Å². The van der Waals surface area contributed by atoms with Crippen molar-refractivity contribution in [1.29, 1.82) is 0 Å². The first kappa shape index (κ1) is 15.9. The summed E-state index contributed by atoms with van der Waals surface area (Å²) in [6.07, 6.45) is 0. The number of benzene rings is 1. The lowest BCUT2D eigenvalue weighted by atomic mass is 10.1. The number of nitrogens with zero attached hydrogens (tertiary/aromatic N) is 3. The highest BCUT2D eigenvalue weighted by Crippen LogP contribution is 2.30. The third-order valence-corrected chi connectivity index (χ3v) is 4.76. The molecule has 1 aromatic carbocycles. The summed E-state index contributed by atoms with van der Waals surface area (Å²) in [7, 11) is 4.00. The maximum atomic E-state index is 12.6. The van der Waals surface area contributed by atoms with Crippen LogP contribution in [0.2, 0.25) is 0 Å². The second kappa shape index (κ2) is 6.11. The lowest BCUT2D eigenvalue weighted by molar-refractivity contribution is -0.385. The monoisotopic (exact) mass is 355 g/mol. The standard InChI is InChI=1S/C14H18BrN3O3/c1-9-7-17(8-12(9)16(2)3)14(19)10-5-4-6-11(13(10)15)18(20)21/h4-6,9,12H,7-8H2,1-3H3. The molecule has 0 radical (unpaired) electrons. The van der Waals surface area contributed by atoms with Gasteiger partial charge in [0.25, 0.3) is 11.6 Å². The van der Waals surface area contributed by atoms with Crippen molar-refractivity contribution in [3.05, 3.63) is 38.3 Å². The minimum absolute atomic E-state index is 0.0859. The van der Waals surface area contributed by atoms with E-state index in [1.165, 1.54) is 6.07 Å². The van der Waals surface area contributed by atoms with Gasteiger partial charge in [-0.1, -0.05) is 13.0 Å². The molecule has 0 saturated carbocycles. The molecule has 1 aliphatic rings. The predicted molar refractivity (Wildman–Crippen MR) is 83.3 cm³/mol. The Morgan fingerprint density at radius 2 is 2.10 bits per heavy atom. The van der Waals surface area contributed by atoms with Gasteiger partial charge in [0, 0.05) is 25.2 Å². The van der Waals surface area contributed by atoms with E-state index in [0.29, 0.717) is 30.6 Å². The van der Waals surface area contributed by atoms with E-state index in [4.69, 9.17) is 0 Å². The summed E-state index contributed by atoms with van der Waals surface area (Å²) in [6.45, 7) is 3.42. The fraction of sp³-hybridized carbons (Fsp3) is 0.500. The normalized spacial score (nSPS) is 21.9. The average Bonchev–Trinajstić information content (AvgIpc) is 2.80. The van der Waals surface area contributed by atoms with Gasteiger partial charge in [-0.3, -0.25) is 14.9 Å². The highest BCUT2D eigenvalue weighted by molar-refractivity contribution is 9.10. The first-order valence-electron chi connectivity index (χ1n) is 6.71. The molecule has 0 aromatic heterocycles. The summed E-state index contributed by atoms with van der Waals surface area (Å²) in [5.74, 6) is 0.211. The molecule has 2 unspecified atom stereocenters. The van der Waals surface area contributed by atoms with Crippen LogP contribution in [0.25, 0.3) is 0 Å². The highest BCUT2D eigenvalue weighted by atomic mass is 79.9. The molecule has 2 rings (SSSR count). The Morgan fingerprint density at radius 1 is 1.43 bits per heavy atom. The fourth-order valence-electron chi connectivity index (χ4n) is 2.78. The molecule has 2 atom stereocenters. The largest absolute Gasteiger partial charge is 0.337 e. The van der Waals surface area contributed by atoms with Gasteiger partial charge in [0.05, 0.1) is 10.5 Å². The van der Waals surface area contributed by atoms with E-state index in [1.807, 2.05) is 14.1 Å². The maximum absolute atomic E-state index is 12.6. The molecular weight excluding hydrogens is 338 g/mol. The van der Waals surface area contributed by atoms with Crippen molar-refractivity contribution < 1.29 is 9.72 Å². The molecule has 1 aromatic rings. The van der Waals surface area contributed by atoms with E-state index < -0.39 is 4.92 Å². The van der Waals surface area contributed by atoms with Gasteiger partial charge in [0.2, 0.25) is 0 Å². The Morgan fingerprint density at radius 3 is 2.62 bits per heavy atom. The predicted octanol–water partition coefficient (Wildman–Crippen LogP) is 2.38. The molecule has 1 amide bonds. The van der Waals surface area contributed by atoms with Crippen LogP contribution in [0.5, 0.6) is 0 Å². The number of carbonyl (C=O) groups is 1. The summed E-state index contributed by atoms with van der Waals surface area (Å²) in [6, 6.07) is 4.86. The topological polar surface area (TPSA) is 66.7 Å². The van der Waals surface area contributed by atoms with Gasteiger partial charge in [-0.2, -0.15) is 0 Å². The minimum Gasteiger partial charge on any atom is -0.337 e. The van der Waals surface area contributed by atoms with Gasteiger partial charge in [-0.15, -0.1) is 0 Å². The number of hydrogen-bond donors (Lipinski definition) is 0. The third-order valence-electron chi connectivity index (χ3n) is 3.93. The number of carbonyl (C=O) groups excluding carboxylic acids is 1. The Labute approximate surface area is 132 Å². The van der Waals surface area contributed by atoms with Crippen LogP contribution in [0.15, 0.2) is 22.7 Å². The van der Waals surface area contributed by atoms with E-state index in [0.717, 1.165) is 0 Å². The van der Waals surface area contributed by atoms with Gasteiger partial charge < -0.3 is 9.80 Å². The molecule has 1 saturated heterocycles. The Balaban J connectivity index is 2.26. The Hall–Kier alpha value is -1.47. The second-order valence-corrected chi connectivity index (χ2v) is 6.41. The number of halogens is 1. The van der Waals surface area contributed by atoms with Gasteiger partial charge in [0.15, 0.2) is 0 Å². The summed E-state index contributed by atoms with van der Waals surface area (Å²) in [5.41, 5.74) is 0.257. The van der Waals surface area contributed by atoms with Gasteiger partial charge >= 0.3 is 0 Å². The molecule has 1 heterocycles. The third kappa shape index (κ3) is 3.08. The van der Waals surface area contributed by atoms with Crippen LogP contribution in [0.1, 0.15) is 17.3 Å². The zero-order valence-corrected chi connectivity index (χ0v) is 13.8. The van der Waals surface area contributed by atoms with Crippen LogP contribution in [0.4, 0.5) is 5.69 Å². The zero-order valence-electron chi connectivity index (χ0n) is 12.2. The summed E-state index contributed by atoms with van der Waals surface area (Å²) in [4.78, 5) is 27.0. The number of nitro groups is 1. The molecule has 7 heteroatoms. The molecule has 0 bridgehead atoms. The van der Waals surface area contributed by atoms with Crippen LogP contribution in [-0.4, -0.2) is 53.9 Å². The van der Waals surface area contributed by atoms with Gasteiger partial charge in [0.1, 0.15) is 4.47 Å². The van der Waals surface area contributed by atoms with Crippen LogP contribution < -0.4 is 0 Å². The van der Waals surface area contributed by atoms with Crippen molar-refractivity contribution in [3.8, 4) is 0 Å². The summed E-state index contributed by atoms with van der Waals surface area (Å²) in [5, 5.41) is 11.0. The maximum Gasteiger partial charge on any atom is 0.284 e. The second-order valence-electron chi connectivity index (χ2n) is 5.61. The zero-order chi connectivity index (χ0) is 15.7. The summed E-state index contributed by atoms with van der Waals surface area (Å²) < 4.78 is 0.251. The molecule has 0 N–H and O–H groups in total. The van der Waals surface area contributed by atoms with Crippen molar-refractivity contribution in [2.45, 2.75) is 13.0 Å². The lowest BCUT2D eigenvalue weighted by Crippen LogP contribution is -2.35. The molecule has 1 aliphatic heterocycles. The first-order chi connectivity index (χ1) is 9.82. The van der Waals surface area contributed by atoms with Crippen LogP contribution in [-0.2, 0) is 0 Å². The highest BCUT2D eigenvalue weighted by Gasteiger charge is 2.35. The molecule has 0 spiro atoms. The van der Waals surface area contributed by atoms with Crippen molar-refractivity contribution in [3.63, 3.8) is 0 Å². The van der Waals surface area contributed by atoms with E-state index in [2.05, 4.69) is 27.8 Å². The first-order valence-corrected chi connectivity index (χ1v) is 7.50. The number of nitro benzene ring substituents is 1. The number of hydrogen-bond acceptors (Lipinski definition) is 4. The Bertz CT molecular complexity index is 577. The SMILES string of the molecule is CC1CN(C(=O)c2cccc([N+](=O)[O-])c2Br)CC1N(C)C. The van der Waals surface area contributed by atoms with Crippen molar-refractivity contribution in [1.82, 2.24) is 9.80 Å². The summed E-state index contributed by atoms with van der Waals surface area (Å²) >= 11 is 3.19. The van der Waals surface area contributed by atoms with Gasteiger partial charge in [-0.25, -0.2) is 0 Å². The van der Waals surface area contributed by atoms with Crippen molar-refractivity contribution >= 4 is 27.5 Å². The molecule has 114 valence electrons. The number of likely N-dealkylation sites (tertiary alicyclic amines) is 1. The molecule has 21 heavy (non-hydrogen) atoms. The molecule has 6 nitrogen and oxygen atoms in total. The van der Waals surface area contributed by atoms with Crippen molar-refractivity contribution in [2.75, 3.05) is 27.2 Å². The lowest BCUT2D eigenvalue weighted by Gasteiger charge is -2.22. The van der Waals surface area contributed by atoms with E-state index in [1.54, 1.807) is 17.0 Å². The minimum atomic E-state index is -0.490. The molecule has 0 aliphatic carbocycles. The molecular formula is C14H18BrN3O3. The fourth-order valence-corrected chi connectivity index (χ4v) is 3.36. The quantitative estimate of drug-likeness (QED) is 0.616. The van der Waals surface area contributed by atoms with E-state index in [-0.39, 0.29) is 16.1 Å². The van der Waals surface area contributed by atoms with Crippen LogP contribution in [0, 0.1) is 16.0 Å². The number of likely N-dealkylation sites (N-methyl/N-ethyl adjacent to an activating group) is 1. The van der Waals surface area contributed by atoms with E-state index >= 15 is 0 Å². The van der Waals surface area contributed by atoms with Crippen LogP contribution in [0.3, 0.4) is 0 Å². The smallest absolute Gasteiger partial charge is 0.284 e. The van der Waals surface area contributed by atoms with E-state index in [9.17, 15) is 14.9 Å². The number of amides is 1. The van der Waals surface area contributed by atoms with Gasteiger partial charge in [-0.05, 0) is 42.0 Å². The number of rotatable bonds is 3. The average molecular weight is 356 g/mol.